The molecular formula is C14H23N3O2S. The Labute approximate surface area is 123 Å². The number of carbonyl (C=O) groups is 1. The second-order valence-electron chi connectivity index (χ2n) is 5.30. The molecule has 1 aliphatic rings. The number of hydrogen-bond donors (Lipinski definition) is 3. The molecule has 1 aliphatic carbocycles. The number of carbonyl (C=O) groups excluding carboxylic acids is 1. The third-order valence-electron chi connectivity index (χ3n) is 3.24. The molecule has 5 nitrogen and oxygen atoms in total. The van der Waals surface area contributed by atoms with E-state index in [1.54, 1.807) is 0 Å². The van der Waals surface area contributed by atoms with E-state index >= 15 is 0 Å². The second kappa shape index (κ2) is 6.35. The highest BCUT2D eigenvalue weighted by molar-refractivity contribution is 7.19. The molecule has 1 aromatic heterocycles. The third kappa shape index (κ3) is 3.17. The van der Waals surface area contributed by atoms with Crippen LogP contribution in [-0.2, 0) is 0 Å². The van der Waals surface area contributed by atoms with Crippen LogP contribution in [0.5, 0.6) is 5.75 Å². The number of thiophene rings is 1. The standard InChI is InChI=1S/C14H23N3O2S/c1-4-16-13(18)12-10(15)11(19-8(2)3)14(20-12)17-9-6-5-7-9/h8-9,17H,4-7,15H2,1-3H3,(H,16,18). The Morgan fingerprint density at radius 1 is 1.50 bits per heavy atom. The summed E-state index contributed by atoms with van der Waals surface area (Å²) in [4.78, 5) is 12.6. The fraction of sp³-hybridized carbons (Fsp3) is 0.643. The number of hydrogen-bond acceptors (Lipinski definition) is 5. The number of rotatable bonds is 6. The second-order valence-corrected chi connectivity index (χ2v) is 6.32. The van der Waals surface area contributed by atoms with Gasteiger partial charge in [0.05, 0.1) is 6.10 Å². The molecule has 0 radical (unpaired) electrons. The average molecular weight is 297 g/mol. The number of amides is 1. The van der Waals surface area contributed by atoms with Crippen LogP contribution in [0.2, 0.25) is 0 Å². The van der Waals surface area contributed by atoms with Crippen LogP contribution in [0.15, 0.2) is 0 Å². The highest BCUT2D eigenvalue weighted by Crippen LogP contribution is 2.44. The van der Waals surface area contributed by atoms with Gasteiger partial charge in [-0.2, -0.15) is 0 Å². The lowest BCUT2D eigenvalue weighted by molar-refractivity contribution is 0.0960. The first kappa shape index (κ1) is 15.0. The third-order valence-corrected chi connectivity index (χ3v) is 4.35. The minimum atomic E-state index is -0.134. The van der Waals surface area contributed by atoms with Gasteiger partial charge in [-0.3, -0.25) is 4.79 Å². The number of ether oxygens (including phenoxy) is 1. The van der Waals surface area contributed by atoms with Gasteiger partial charge in [0, 0.05) is 12.6 Å². The molecule has 4 N–H and O–H groups in total. The molecular weight excluding hydrogens is 274 g/mol. The van der Waals surface area contributed by atoms with Gasteiger partial charge in [0.1, 0.15) is 15.6 Å². The highest BCUT2D eigenvalue weighted by Gasteiger charge is 2.26. The molecule has 1 amide bonds. The first-order valence-corrected chi connectivity index (χ1v) is 7.98. The van der Waals surface area contributed by atoms with Crippen LogP contribution in [0.4, 0.5) is 10.7 Å². The van der Waals surface area contributed by atoms with Crippen LogP contribution in [-0.4, -0.2) is 24.6 Å². The number of nitrogens with one attached hydrogen (secondary N) is 2. The Morgan fingerprint density at radius 3 is 2.70 bits per heavy atom. The van der Waals surface area contributed by atoms with Gasteiger partial charge in [-0.25, -0.2) is 0 Å². The van der Waals surface area contributed by atoms with Crippen molar-refractivity contribution in [1.82, 2.24) is 5.32 Å². The Hall–Kier alpha value is -1.43. The van der Waals surface area contributed by atoms with Crippen molar-refractivity contribution in [3.8, 4) is 5.75 Å². The maximum absolute atomic E-state index is 12.0. The lowest BCUT2D eigenvalue weighted by atomic mass is 9.93. The zero-order valence-corrected chi connectivity index (χ0v) is 13.1. The van der Waals surface area contributed by atoms with E-state index < -0.39 is 0 Å². The Bertz CT molecular complexity index is 481. The summed E-state index contributed by atoms with van der Waals surface area (Å²) in [6, 6.07) is 0.477. The first-order chi connectivity index (χ1) is 9.52. The normalized spacial score (nSPS) is 15.0. The van der Waals surface area contributed by atoms with Crippen molar-refractivity contribution in [2.45, 2.75) is 52.2 Å². The lowest BCUT2D eigenvalue weighted by Gasteiger charge is -2.27. The van der Waals surface area contributed by atoms with Crippen LogP contribution in [0, 0.1) is 0 Å². The molecule has 6 heteroatoms. The molecule has 0 bridgehead atoms. The van der Waals surface area contributed by atoms with E-state index in [-0.39, 0.29) is 12.0 Å². The van der Waals surface area contributed by atoms with E-state index in [0.717, 1.165) is 17.8 Å². The SMILES string of the molecule is CCNC(=O)c1sc(NC2CCC2)c(OC(C)C)c1N. The maximum Gasteiger partial charge on any atom is 0.263 e. The summed E-state index contributed by atoms with van der Waals surface area (Å²) >= 11 is 1.38. The Morgan fingerprint density at radius 2 is 2.20 bits per heavy atom. The molecule has 1 aromatic rings. The van der Waals surface area contributed by atoms with Crippen molar-refractivity contribution in [3.05, 3.63) is 4.88 Å². The van der Waals surface area contributed by atoms with Gasteiger partial charge in [-0.05, 0) is 40.0 Å². The summed E-state index contributed by atoms with van der Waals surface area (Å²) in [6.07, 6.45) is 3.60. The quantitative estimate of drug-likeness (QED) is 0.754. The maximum atomic E-state index is 12.0. The van der Waals surface area contributed by atoms with E-state index in [2.05, 4.69) is 10.6 Å². The van der Waals surface area contributed by atoms with Crippen molar-refractivity contribution in [3.63, 3.8) is 0 Å². The molecule has 0 unspecified atom stereocenters. The van der Waals surface area contributed by atoms with Crippen molar-refractivity contribution in [2.75, 3.05) is 17.6 Å². The van der Waals surface area contributed by atoms with Crippen LogP contribution >= 0.6 is 11.3 Å². The van der Waals surface area contributed by atoms with E-state index in [4.69, 9.17) is 10.5 Å². The number of anilines is 2. The Balaban J connectivity index is 2.26. The smallest absolute Gasteiger partial charge is 0.263 e. The van der Waals surface area contributed by atoms with Gasteiger partial charge in [0.2, 0.25) is 0 Å². The van der Waals surface area contributed by atoms with Crippen molar-refractivity contribution in [1.29, 1.82) is 0 Å². The van der Waals surface area contributed by atoms with Gasteiger partial charge in [-0.1, -0.05) is 0 Å². The van der Waals surface area contributed by atoms with Crippen LogP contribution < -0.4 is 21.1 Å². The minimum Gasteiger partial charge on any atom is -0.486 e. The van der Waals surface area contributed by atoms with Crippen molar-refractivity contribution in [2.24, 2.45) is 0 Å². The number of nitrogens with two attached hydrogens (primary N) is 1. The van der Waals surface area contributed by atoms with E-state index in [9.17, 15) is 4.79 Å². The van der Waals surface area contributed by atoms with Crippen LogP contribution in [0.3, 0.4) is 0 Å². The van der Waals surface area contributed by atoms with E-state index in [0.29, 0.717) is 28.9 Å². The fourth-order valence-electron chi connectivity index (χ4n) is 2.02. The summed E-state index contributed by atoms with van der Waals surface area (Å²) in [7, 11) is 0. The average Bonchev–Trinajstić information content (AvgIpc) is 2.62. The van der Waals surface area contributed by atoms with E-state index in [1.165, 1.54) is 17.8 Å². The highest BCUT2D eigenvalue weighted by atomic mass is 32.1. The molecule has 1 heterocycles. The molecule has 1 saturated carbocycles. The zero-order valence-electron chi connectivity index (χ0n) is 12.3. The summed E-state index contributed by atoms with van der Waals surface area (Å²) in [6.45, 7) is 6.38. The van der Waals surface area contributed by atoms with E-state index in [1.807, 2.05) is 20.8 Å². The molecule has 0 saturated heterocycles. The summed E-state index contributed by atoms with van der Waals surface area (Å²) in [5.41, 5.74) is 6.54. The molecule has 112 valence electrons. The lowest BCUT2D eigenvalue weighted by Crippen LogP contribution is -2.26. The molecule has 2 rings (SSSR count). The zero-order chi connectivity index (χ0) is 14.7. The van der Waals surface area contributed by atoms with Crippen molar-refractivity contribution >= 4 is 27.9 Å². The summed E-state index contributed by atoms with van der Waals surface area (Å²) in [5.74, 6) is 0.489. The van der Waals surface area contributed by atoms with Gasteiger partial charge in [0.15, 0.2) is 5.75 Å². The predicted octanol–water partition coefficient (Wildman–Crippen LogP) is 2.83. The fourth-order valence-corrected chi connectivity index (χ4v) is 3.07. The summed E-state index contributed by atoms with van der Waals surface area (Å²) < 4.78 is 5.80. The largest absolute Gasteiger partial charge is 0.486 e. The first-order valence-electron chi connectivity index (χ1n) is 7.16. The summed E-state index contributed by atoms with van der Waals surface area (Å²) in [5, 5.41) is 7.11. The van der Waals surface area contributed by atoms with Gasteiger partial charge < -0.3 is 21.1 Å². The van der Waals surface area contributed by atoms with Crippen LogP contribution in [0.25, 0.3) is 0 Å². The molecule has 0 aliphatic heterocycles. The topological polar surface area (TPSA) is 76.4 Å². The van der Waals surface area contributed by atoms with Gasteiger partial charge >= 0.3 is 0 Å². The molecule has 0 atom stereocenters. The predicted molar refractivity (Wildman–Crippen MR) is 83.8 cm³/mol. The molecule has 20 heavy (non-hydrogen) atoms. The van der Waals surface area contributed by atoms with Crippen LogP contribution in [0.1, 0.15) is 49.7 Å². The van der Waals surface area contributed by atoms with Crippen molar-refractivity contribution < 1.29 is 9.53 Å². The molecule has 0 aromatic carbocycles. The molecule has 1 fully saturated rings. The molecule has 0 spiro atoms. The Kier molecular flexibility index (Phi) is 4.75. The minimum absolute atomic E-state index is 0.0240. The van der Waals surface area contributed by atoms with Gasteiger partial charge in [0.25, 0.3) is 5.91 Å². The number of nitrogen functional groups attached to an aromatic ring is 1. The van der Waals surface area contributed by atoms with Gasteiger partial charge in [-0.15, -0.1) is 11.3 Å². The monoisotopic (exact) mass is 297 g/mol.